The fourth-order valence-electron chi connectivity index (χ4n) is 2.53. The molecule has 0 spiro atoms. The zero-order valence-electron chi connectivity index (χ0n) is 12.4. The van der Waals surface area contributed by atoms with Crippen molar-refractivity contribution in [1.29, 1.82) is 0 Å². The Morgan fingerprint density at radius 3 is 2.84 bits per heavy atom. The highest BCUT2D eigenvalue weighted by atomic mass is 16.5. The third kappa shape index (κ3) is 5.11. The summed E-state index contributed by atoms with van der Waals surface area (Å²) >= 11 is 0. The minimum atomic E-state index is 0.0813. The number of hydrogen-bond donors (Lipinski definition) is 1. The quantitative estimate of drug-likeness (QED) is 0.682. The van der Waals surface area contributed by atoms with Crippen LogP contribution in [0.25, 0.3) is 0 Å². The molecule has 19 heavy (non-hydrogen) atoms. The Bertz CT molecular complexity index is 290. The minimum absolute atomic E-state index is 0.0813. The number of amides is 1. The second-order valence-corrected chi connectivity index (χ2v) is 6.28. The van der Waals surface area contributed by atoms with Crippen LogP contribution in [0.1, 0.15) is 46.0 Å². The smallest absolute Gasteiger partial charge is 0.239 e. The van der Waals surface area contributed by atoms with Gasteiger partial charge in [0.05, 0.1) is 6.04 Å². The lowest BCUT2D eigenvalue weighted by atomic mass is 10.0. The fraction of sp³-hybridized carbons (Fsp3) is 0.933. The van der Waals surface area contributed by atoms with Crippen molar-refractivity contribution in [2.24, 2.45) is 5.92 Å². The van der Waals surface area contributed by atoms with E-state index in [2.05, 4.69) is 19.2 Å². The molecule has 2 aliphatic rings. The monoisotopic (exact) mass is 268 g/mol. The molecular weight excluding hydrogens is 240 g/mol. The van der Waals surface area contributed by atoms with Crippen LogP contribution in [-0.4, -0.2) is 49.2 Å². The highest BCUT2D eigenvalue weighted by Crippen LogP contribution is 2.22. The number of likely N-dealkylation sites (tertiary alicyclic amines) is 1. The molecule has 0 radical (unpaired) electrons. The molecule has 0 aromatic rings. The molecule has 1 saturated carbocycles. The average Bonchev–Trinajstić information content (AvgIpc) is 3.17. The Labute approximate surface area is 116 Å². The Morgan fingerprint density at radius 2 is 2.16 bits per heavy atom. The maximum absolute atomic E-state index is 12.3. The molecule has 2 rings (SSSR count). The van der Waals surface area contributed by atoms with E-state index in [4.69, 9.17) is 4.74 Å². The van der Waals surface area contributed by atoms with Crippen molar-refractivity contribution in [3.63, 3.8) is 0 Å². The highest BCUT2D eigenvalue weighted by Gasteiger charge is 2.32. The van der Waals surface area contributed by atoms with Crippen molar-refractivity contribution in [3.8, 4) is 0 Å². The lowest BCUT2D eigenvalue weighted by molar-refractivity contribution is -0.136. The molecule has 0 aromatic carbocycles. The van der Waals surface area contributed by atoms with E-state index in [0.29, 0.717) is 17.9 Å². The van der Waals surface area contributed by atoms with E-state index in [1.165, 1.54) is 12.8 Å². The van der Waals surface area contributed by atoms with Gasteiger partial charge in [-0.3, -0.25) is 4.79 Å². The predicted octanol–water partition coefficient (Wildman–Crippen LogP) is 1.79. The third-order valence-corrected chi connectivity index (χ3v) is 3.71. The summed E-state index contributed by atoms with van der Waals surface area (Å²) in [7, 11) is 0. The van der Waals surface area contributed by atoms with Crippen LogP contribution in [-0.2, 0) is 9.53 Å². The number of rotatable bonds is 8. The van der Waals surface area contributed by atoms with E-state index >= 15 is 0 Å². The van der Waals surface area contributed by atoms with Crippen molar-refractivity contribution >= 4 is 5.91 Å². The standard InChI is InChI=1S/C15H28N2O2/c1-12(2)11-19-10-4-9-17-8-3-5-14(15(17)18)16-13-6-7-13/h12-14,16H,3-11H2,1-2H3. The number of ether oxygens (including phenoxy) is 1. The van der Waals surface area contributed by atoms with Gasteiger partial charge < -0.3 is 15.0 Å². The molecule has 4 heteroatoms. The van der Waals surface area contributed by atoms with Crippen LogP contribution in [0.5, 0.6) is 0 Å². The number of carbonyl (C=O) groups is 1. The molecular formula is C15H28N2O2. The van der Waals surface area contributed by atoms with Gasteiger partial charge >= 0.3 is 0 Å². The Hall–Kier alpha value is -0.610. The van der Waals surface area contributed by atoms with Gasteiger partial charge in [-0.2, -0.15) is 0 Å². The molecule has 1 heterocycles. The summed E-state index contributed by atoms with van der Waals surface area (Å²) < 4.78 is 5.57. The summed E-state index contributed by atoms with van der Waals surface area (Å²) in [5.41, 5.74) is 0. The van der Waals surface area contributed by atoms with Gasteiger partial charge in [-0.1, -0.05) is 13.8 Å². The van der Waals surface area contributed by atoms with Crippen LogP contribution in [0.15, 0.2) is 0 Å². The third-order valence-electron chi connectivity index (χ3n) is 3.71. The highest BCUT2D eigenvalue weighted by molar-refractivity contribution is 5.82. The second kappa shape index (κ2) is 7.25. The second-order valence-electron chi connectivity index (χ2n) is 6.28. The van der Waals surface area contributed by atoms with Crippen molar-refractivity contribution in [3.05, 3.63) is 0 Å². The van der Waals surface area contributed by atoms with Crippen molar-refractivity contribution < 1.29 is 9.53 Å². The summed E-state index contributed by atoms with van der Waals surface area (Å²) in [5.74, 6) is 0.894. The average molecular weight is 268 g/mol. The first-order valence-electron chi connectivity index (χ1n) is 7.79. The largest absolute Gasteiger partial charge is 0.381 e. The molecule has 1 amide bonds. The Kier molecular flexibility index (Phi) is 5.64. The van der Waals surface area contributed by atoms with Gasteiger partial charge in [0.1, 0.15) is 0 Å². The molecule has 0 bridgehead atoms. The summed E-state index contributed by atoms with van der Waals surface area (Å²) in [6.07, 6.45) is 5.58. The number of nitrogens with one attached hydrogen (secondary N) is 1. The zero-order chi connectivity index (χ0) is 13.7. The van der Waals surface area contributed by atoms with Crippen LogP contribution in [0, 0.1) is 5.92 Å². The summed E-state index contributed by atoms with van der Waals surface area (Å²) in [6.45, 7) is 7.67. The molecule has 1 aliphatic carbocycles. The van der Waals surface area contributed by atoms with Crippen molar-refractivity contribution in [2.75, 3.05) is 26.3 Å². The normalized spacial score (nSPS) is 24.3. The molecule has 1 atom stereocenters. The van der Waals surface area contributed by atoms with Gasteiger partial charge in [-0.25, -0.2) is 0 Å². The number of carbonyl (C=O) groups excluding carboxylic acids is 1. The van der Waals surface area contributed by atoms with E-state index in [0.717, 1.165) is 45.6 Å². The predicted molar refractivity (Wildman–Crippen MR) is 76.0 cm³/mol. The van der Waals surface area contributed by atoms with Gasteiger partial charge in [0.25, 0.3) is 0 Å². The van der Waals surface area contributed by atoms with Crippen LogP contribution >= 0.6 is 0 Å². The molecule has 1 N–H and O–H groups in total. The van der Waals surface area contributed by atoms with E-state index in [1.54, 1.807) is 0 Å². The Morgan fingerprint density at radius 1 is 1.37 bits per heavy atom. The van der Waals surface area contributed by atoms with Crippen molar-refractivity contribution in [1.82, 2.24) is 10.2 Å². The maximum atomic E-state index is 12.3. The number of piperidine rings is 1. The first-order chi connectivity index (χ1) is 9.16. The first-order valence-corrected chi connectivity index (χ1v) is 7.79. The number of hydrogen-bond acceptors (Lipinski definition) is 3. The van der Waals surface area contributed by atoms with E-state index in [9.17, 15) is 4.79 Å². The van der Waals surface area contributed by atoms with Gasteiger partial charge in [-0.05, 0) is 38.0 Å². The van der Waals surface area contributed by atoms with Crippen LogP contribution in [0.2, 0.25) is 0 Å². The van der Waals surface area contributed by atoms with Gasteiger partial charge in [0.15, 0.2) is 0 Å². The molecule has 2 fully saturated rings. The summed E-state index contributed by atoms with van der Waals surface area (Å²) in [4.78, 5) is 14.3. The maximum Gasteiger partial charge on any atom is 0.239 e. The molecule has 4 nitrogen and oxygen atoms in total. The van der Waals surface area contributed by atoms with Gasteiger partial charge in [0.2, 0.25) is 5.91 Å². The fourth-order valence-corrected chi connectivity index (χ4v) is 2.53. The van der Waals surface area contributed by atoms with E-state index < -0.39 is 0 Å². The SMILES string of the molecule is CC(C)COCCCN1CCCC(NC2CC2)C1=O. The Balaban J connectivity index is 1.63. The van der Waals surface area contributed by atoms with E-state index in [1.807, 2.05) is 4.90 Å². The van der Waals surface area contributed by atoms with Crippen LogP contribution in [0.4, 0.5) is 0 Å². The minimum Gasteiger partial charge on any atom is -0.381 e. The van der Waals surface area contributed by atoms with Gasteiger partial charge in [0, 0.05) is 32.3 Å². The molecule has 1 unspecified atom stereocenters. The van der Waals surface area contributed by atoms with Crippen molar-refractivity contribution in [2.45, 2.75) is 58.0 Å². The zero-order valence-corrected chi connectivity index (χ0v) is 12.4. The van der Waals surface area contributed by atoms with Gasteiger partial charge in [-0.15, -0.1) is 0 Å². The molecule has 1 aliphatic heterocycles. The lowest BCUT2D eigenvalue weighted by Gasteiger charge is -2.33. The lowest BCUT2D eigenvalue weighted by Crippen LogP contribution is -2.51. The summed E-state index contributed by atoms with van der Waals surface area (Å²) in [6, 6.07) is 0.695. The topological polar surface area (TPSA) is 41.6 Å². The molecule has 1 saturated heterocycles. The van der Waals surface area contributed by atoms with Crippen LogP contribution < -0.4 is 5.32 Å². The molecule has 110 valence electrons. The number of nitrogens with zero attached hydrogens (tertiary/aromatic N) is 1. The first kappa shape index (κ1) is 14.8. The molecule has 0 aromatic heterocycles. The van der Waals surface area contributed by atoms with E-state index in [-0.39, 0.29) is 6.04 Å². The summed E-state index contributed by atoms with van der Waals surface area (Å²) in [5, 5.41) is 3.47. The van der Waals surface area contributed by atoms with Crippen LogP contribution in [0.3, 0.4) is 0 Å².